The predicted octanol–water partition coefficient (Wildman–Crippen LogP) is 3.33. The third kappa shape index (κ3) is 3.17. The van der Waals surface area contributed by atoms with E-state index >= 15 is 0 Å². The molecule has 4 nitrogen and oxygen atoms in total. The lowest BCUT2D eigenvalue weighted by atomic mass is 9.81. The van der Waals surface area contributed by atoms with Crippen molar-refractivity contribution in [1.29, 1.82) is 0 Å². The quantitative estimate of drug-likeness (QED) is 0.928. The SMILES string of the molecule is [2H]c1c([2H])c(C2CCNC[C@]2([2H])C([2H])([2H])Oc2ccc3c(c2)OC([2H])([2H])O3)c([2H])c([2H])c1F. The Morgan fingerprint density at radius 1 is 1.33 bits per heavy atom. The van der Waals surface area contributed by atoms with Crippen LogP contribution in [0.5, 0.6) is 17.2 Å². The number of fused-ring (bicyclic) bond motifs is 1. The first-order valence-electron chi connectivity index (χ1n) is 11.9. The molecule has 2 aliphatic rings. The Bertz CT molecular complexity index is 1090. The van der Waals surface area contributed by atoms with Gasteiger partial charge in [0.15, 0.2) is 11.5 Å². The van der Waals surface area contributed by atoms with E-state index in [2.05, 4.69) is 5.32 Å². The lowest BCUT2D eigenvalue weighted by molar-refractivity contribution is 0.173. The molecule has 0 amide bonds. The molecule has 1 fully saturated rings. The number of hydrogen-bond donors (Lipinski definition) is 1. The van der Waals surface area contributed by atoms with Crippen LogP contribution in [0.15, 0.2) is 42.4 Å². The molecule has 0 saturated carbocycles. The summed E-state index contributed by atoms with van der Waals surface area (Å²) in [5.41, 5.74) is -0.241. The van der Waals surface area contributed by atoms with Gasteiger partial charge >= 0.3 is 0 Å². The minimum Gasteiger partial charge on any atom is -0.493 e. The number of rotatable bonds is 4. The fraction of sp³-hybridized carbons (Fsp3) is 0.368. The molecular formula is C19H20FNO3. The summed E-state index contributed by atoms with van der Waals surface area (Å²) < 4.78 is 103. The summed E-state index contributed by atoms with van der Waals surface area (Å²) in [6.07, 6.45) is 0.0932. The van der Waals surface area contributed by atoms with Gasteiger partial charge < -0.3 is 19.5 Å². The van der Waals surface area contributed by atoms with E-state index in [1.807, 2.05) is 0 Å². The van der Waals surface area contributed by atoms with Crippen LogP contribution in [0.25, 0.3) is 0 Å². The van der Waals surface area contributed by atoms with E-state index in [1.54, 1.807) is 0 Å². The summed E-state index contributed by atoms with van der Waals surface area (Å²) in [5, 5.41) is 2.91. The summed E-state index contributed by atoms with van der Waals surface area (Å²) in [6, 6.07) is 0.818. The minimum absolute atomic E-state index is 0.0104. The average Bonchev–Trinajstić information content (AvgIpc) is 3.05. The maximum Gasteiger partial charge on any atom is 0.231 e. The molecule has 4 rings (SSSR count). The molecule has 24 heavy (non-hydrogen) atoms. The van der Waals surface area contributed by atoms with Crippen molar-refractivity contribution in [2.24, 2.45) is 5.89 Å². The molecule has 0 radical (unpaired) electrons. The van der Waals surface area contributed by atoms with E-state index in [1.165, 1.54) is 18.2 Å². The third-order valence-corrected chi connectivity index (χ3v) is 3.83. The third-order valence-electron chi connectivity index (χ3n) is 3.83. The monoisotopic (exact) mass is 338 g/mol. The summed E-state index contributed by atoms with van der Waals surface area (Å²) in [5.74, 6) is -4.57. The van der Waals surface area contributed by atoms with Crippen molar-refractivity contribution in [2.75, 3.05) is 26.4 Å². The fourth-order valence-corrected chi connectivity index (χ4v) is 2.62. The average molecular weight is 338 g/mol. The van der Waals surface area contributed by atoms with E-state index in [-0.39, 0.29) is 35.8 Å². The number of piperidine rings is 1. The number of nitrogens with one attached hydrogen (secondary N) is 1. The highest BCUT2D eigenvalue weighted by molar-refractivity contribution is 5.46. The smallest absolute Gasteiger partial charge is 0.231 e. The summed E-state index contributed by atoms with van der Waals surface area (Å²) in [7, 11) is 0. The zero-order valence-electron chi connectivity index (χ0n) is 21.5. The van der Waals surface area contributed by atoms with Gasteiger partial charge in [0.2, 0.25) is 6.75 Å². The maximum absolute atomic E-state index is 14.1. The molecule has 1 N–H and O–H groups in total. The first-order chi connectivity index (χ1) is 15.3. The molecule has 2 aliphatic heterocycles. The molecule has 1 unspecified atom stereocenters. The normalized spacial score (nSPS) is 33.5. The van der Waals surface area contributed by atoms with Crippen LogP contribution in [0.3, 0.4) is 0 Å². The molecule has 2 atom stereocenters. The Morgan fingerprint density at radius 2 is 2.17 bits per heavy atom. The van der Waals surface area contributed by atoms with Gasteiger partial charge in [-0.15, -0.1) is 0 Å². The van der Waals surface area contributed by atoms with Gasteiger partial charge in [-0.2, -0.15) is 0 Å². The first kappa shape index (κ1) is 8.21. The molecule has 126 valence electrons. The highest BCUT2D eigenvalue weighted by Crippen LogP contribution is 2.36. The van der Waals surface area contributed by atoms with Crippen LogP contribution in [0.4, 0.5) is 4.39 Å². The Morgan fingerprint density at radius 3 is 3.04 bits per heavy atom. The Hall–Kier alpha value is -2.27. The second-order valence-electron chi connectivity index (χ2n) is 5.37. The maximum atomic E-state index is 14.1. The van der Waals surface area contributed by atoms with Crippen molar-refractivity contribution in [3.63, 3.8) is 0 Å². The van der Waals surface area contributed by atoms with Crippen molar-refractivity contribution in [1.82, 2.24) is 5.32 Å². The summed E-state index contributed by atoms with van der Waals surface area (Å²) >= 11 is 0. The van der Waals surface area contributed by atoms with E-state index in [4.69, 9.17) is 26.5 Å². The Balaban J connectivity index is 1.72. The van der Waals surface area contributed by atoms with E-state index < -0.39 is 55.1 Å². The Labute approximate surface area is 153 Å². The van der Waals surface area contributed by atoms with Crippen molar-refractivity contribution in [3.8, 4) is 17.2 Å². The van der Waals surface area contributed by atoms with Crippen molar-refractivity contribution < 1.29 is 30.9 Å². The standard InChI is InChI=1S/C19H20FNO3/c20-15-3-1-13(2-4-15)17-7-8-21-10-14(17)11-22-16-5-6-18-19(9-16)24-12-23-18/h1-6,9,14,17,21H,7-8,10-12H2/t14-,17?/m1/s1/i1D,2D,3D,4D,11D2,12D2,14D. The fourth-order valence-electron chi connectivity index (χ4n) is 2.62. The van der Waals surface area contributed by atoms with Crippen molar-refractivity contribution >= 4 is 0 Å². The van der Waals surface area contributed by atoms with Crippen LogP contribution < -0.4 is 19.5 Å². The van der Waals surface area contributed by atoms with Gasteiger partial charge in [-0.1, -0.05) is 12.1 Å². The Kier molecular flexibility index (Phi) is 2.29. The second-order valence-corrected chi connectivity index (χ2v) is 5.37. The van der Waals surface area contributed by atoms with E-state index in [9.17, 15) is 4.39 Å². The van der Waals surface area contributed by atoms with Crippen LogP contribution in [-0.2, 0) is 0 Å². The number of ether oxygens (including phenoxy) is 3. The lowest BCUT2D eigenvalue weighted by Crippen LogP contribution is -2.38. The number of hydrogen-bond acceptors (Lipinski definition) is 4. The highest BCUT2D eigenvalue weighted by Gasteiger charge is 2.27. The van der Waals surface area contributed by atoms with Gasteiger partial charge in [-0.3, -0.25) is 0 Å². The summed E-state index contributed by atoms with van der Waals surface area (Å²) in [6.45, 7) is -5.03. The molecule has 0 aliphatic carbocycles. The highest BCUT2D eigenvalue weighted by atomic mass is 19.1. The number of halogens is 1. The molecule has 1 saturated heterocycles. The predicted molar refractivity (Wildman–Crippen MR) is 88.2 cm³/mol. The van der Waals surface area contributed by atoms with Crippen LogP contribution in [-0.4, -0.2) is 26.4 Å². The van der Waals surface area contributed by atoms with Crippen molar-refractivity contribution in [2.45, 2.75) is 12.3 Å². The minimum atomic E-state index is -2.73. The zero-order valence-corrected chi connectivity index (χ0v) is 12.5. The molecule has 0 aromatic heterocycles. The molecule has 2 aromatic carbocycles. The van der Waals surface area contributed by atoms with E-state index in [0.29, 0.717) is 6.54 Å². The summed E-state index contributed by atoms with van der Waals surface area (Å²) in [4.78, 5) is 0. The molecule has 0 bridgehead atoms. The van der Waals surface area contributed by atoms with Gasteiger partial charge in [-0.25, -0.2) is 4.39 Å². The largest absolute Gasteiger partial charge is 0.493 e. The van der Waals surface area contributed by atoms with Crippen molar-refractivity contribution in [3.05, 3.63) is 53.7 Å². The first-order valence-corrected chi connectivity index (χ1v) is 7.45. The number of benzene rings is 2. The second kappa shape index (κ2) is 6.69. The zero-order chi connectivity index (χ0) is 24.3. The molecule has 2 aromatic rings. The lowest BCUT2D eigenvalue weighted by Gasteiger charge is -2.32. The van der Waals surface area contributed by atoms with Crippen LogP contribution >= 0.6 is 0 Å². The van der Waals surface area contributed by atoms with Gasteiger partial charge in [0.1, 0.15) is 14.3 Å². The molecule has 5 heteroatoms. The van der Waals surface area contributed by atoms with Crippen LogP contribution in [0.2, 0.25) is 0 Å². The topological polar surface area (TPSA) is 39.7 Å². The van der Waals surface area contributed by atoms with E-state index in [0.717, 1.165) is 0 Å². The molecule has 2 heterocycles. The molecule has 0 spiro atoms. The van der Waals surface area contributed by atoms with Gasteiger partial charge in [0.25, 0.3) is 0 Å². The van der Waals surface area contributed by atoms with Crippen LogP contribution in [0, 0.1) is 11.7 Å². The van der Waals surface area contributed by atoms with Gasteiger partial charge in [0, 0.05) is 19.9 Å². The molecular weight excluding hydrogens is 309 g/mol. The van der Waals surface area contributed by atoms with Gasteiger partial charge in [-0.05, 0) is 48.7 Å². The van der Waals surface area contributed by atoms with Gasteiger partial charge in [0.05, 0.1) is 14.8 Å². The van der Waals surface area contributed by atoms with Crippen LogP contribution in [0.1, 0.15) is 30.2 Å².